The van der Waals surface area contributed by atoms with E-state index in [1.54, 1.807) is 37.1 Å². The van der Waals surface area contributed by atoms with Crippen molar-refractivity contribution >= 4 is 17.7 Å². The van der Waals surface area contributed by atoms with E-state index in [0.29, 0.717) is 18.7 Å². The predicted octanol–water partition coefficient (Wildman–Crippen LogP) is 2.04. The van der Waals surface area contributed by atoms with Gasteiger partial charge in [0.15, 0.2) is 0 Å². The highest BCUT2D eigenvalue weighted by molar-refractivity contribution is 7.98. The van der Waals surface area contributed by atoms with E-state index < -0.39 is 5.60 Å². The van der Waals surface area contributed by atoms with Crippen molar-refractivity contribution < 1.29 is 9.90 Å². The Labute approximate surface area is 112 Å². The molecule has 5 heteroatoms. The summed E-state index contributed by atoms with van der Waals surface area (Å²) in [6.07, 6.45) is 3.57. The third kappa shape index (κ3) is 3.99. The first kappa shape index (κ1) is 15.0. The molecule has 4 nitrogen and oxygen atoms in total. The van der Waals surface area contributed by atoms with Gasteiger partial charge >= 0.3 is 0 Å². The van der Waals surface area contributed by atoms with E-state index in [4.69, 9.17) is 0 Å². The molecular formula is C13H20N2O2S. The van der Waals surface area contributed by atoms with Crippen molar-refractivity contribution in [2.75, 3.05) is 19.3 Å². The Kier molecular flexibility index (Phi) is 5.16. The van der Waals surface area contributed by atoms with E-state index in [1.165, 1.54) is 11.8 Å². The van der Waals surface area contributed by atoms with Crippen molar-refractivity contribution in [3.05, 3.63) is 23.9 Å². The average Bonchev–Trinajstić information content (AvgIpc) is 2.34. The summed E-state index contributed by atoms with van der Waals surface area (Å²) in [7, 11) is 0. The molecule has 1 aromatic rings. The van der Waals surface area contributed by atoms with Crippen molar-refractivity contribution in [2.45, 2.75) is 31.4 Å². The topological polar surface area (TPSA) is 53.4 Å². The molecule has 0 aliphatic heterocycles. The molecule has 1 heterocycles. The van der Waals surface area contributed by atoms with E-state index in [1.807, 2.05) is 13.2 Å². The number of aromatic nitrogens is 1. The van der Waals surface area contributed by atoms with Crippen LogP contribution in [0.4, 0.5) is 0 Å². The SMILES string of the molecule is CCN(CC(C)(C)O)C(=O)c1cccnc1SC. The van der Waals surface area contributed by atoms with Crippen LogP contribution in [0.2, 0.25) is 0 Å². The monoisotopic (exact) mass is 268 g/mol. The van der Waals surface area contributed by atoms with Crippen LogP contribution in [0, 0.1) is 0 Å². The molecule has 0 spiro atoms. The van der Waals surface area contributed by atoms with Gasteiger partial charge in [0.1, 0.15) is 5.03 Å². The molecule has 0 saturated carbocycles. The van der Waals surface area contributed by atoms with Gasteiger partial charge in [-0.25, -0.2) is 4.98 Å². The maximum atomic E-state index is 12.4. The van der Waals surface area contributed by atoms with Crippen LogP contribution in [0.25, 0.3) is 0 Å². The molecule has 0 bridgehead atoms. The molecule has 0 saturated heterocycles. The lowest BCUT2D eigenvalue weighted by Crippen LogP contribution is -2.42. The summed E-state index contributed by atoms with van der Waals surface area (Å²) in [5, 5.41) is 10.5. The normalized spacial score (nSPS) is 11.4. The van der Waals surface area contributed by atoms with Gasteiger partial charge in [-0.2, -0.15) is 0 Å². The van der Waals surface area contributed by atoms with E-state index in [0.717, 1.165) is 5.03 Å². The molecule has 0 aliphatic carbocycles. The lowest BCUT2D eigenvalue weighted by Gasteiger charge is -2.28. The summed E-state index contributed by atoms with van der Waals surface area (Å²) in [6, 6.07) is 3.53. The average molecular weight is 268 g/mol. The molecule has 0 radical (unpaired) electrons. The van der Waals surface area contributed by atoms with Crippen molar-refractivity contribution in [2.24, 2.45) is 0 Å². The Bertz CT molecular complexity index is 416. The Morgan fingerprint density at radius 1 is 1.56 bits per heavy atom. The number of aliphatic hydroxyl groups is 1. The minimum atomic E-state index is -0.895. The summed E-state index contributed by atoms with van der Waals surface area (Å²) in [6.45, 7) is 6.17. The van der Waals surface area contributed by atoms with Crippen LogP contribution in [-0.2, 0) is 0 Å². The number of carbonyl (C=O) groups excluding carboxylic acids is 1. The Balaban J connectivity index is 2.97. The maximum absolute atomic E-state index is 12.4. The Hall–Kier alpha value is -1.07. The fourth-order valence-electron chi connectivity index (χ4n) is 1.68. The highest BCUT2D eigenvalue weighted by Crippen LogP contribution is 2.19. The molecule has 0 aliphatic rings. The lowest BCUT2D eigenvalue weighted by molar-refractivity contribution is 0.0312. The first-order valence-electron chi connectivity index (χ1n) is 5.89. The van der Waals surface area contributed by atoms with Crippen LogP contribution in [0.15, 0.2) is 23.4 Å². The quantitative estimate of drug-likeness (QED) is 0.830. The number of likely N-dealkylation sites (N-methyl/N-ethyl adjacent to an activating group) is 1. The second-order valence-electron chi connectivity index (χ2n) is 4.69. The van der Waals surface area contributed by atoms with Crippen molar-refractivity contribution in [3.8, 4) is 0 Å². The third-order valence-corrected chi connectivity index (χ3v) is 3.15. The van der Waals surface area contributed by atoms with E-state index in [9.17, 15) is 9.90 Å². The molecule has 1 aromatic heterocycles. The molecule has 0 unspecified atom stereocenters. The van der Waals surface area contributed by atoms with Crippen LogP contribution < -0.4 is 0 Å². The summed E-state index contributed by atoms with van der Waals surface area (Å²) in [5.41, 5.74) is -0.302. The molecule has 0 fully saturated rings. The second-order valence-corrected chi connectivity index (χ2v) is 5.49. The first-order chi connectivity index (χ1) is 8.39. The fourth-order valence-corrected chi connectivity index (χ4v) is 2.22. The van der Waals surface area contributed by atoms with E-state index in [-0.39, 0.29) is 5.91 Å². The molecule has 1 N–H and O–H groups in total. The minimum absolute atomic E-state index is 0.0860. The second kappa shape index (κ2) is 6.20. The van der Waals surface area contributed by atoms with Crippen molar-refractivity contribution in [1.82, 2.24) is 9.88 Å². The summed E-state index contributed by atoms with van der Waals surface area (Å²) < 4.78 is 0. The first-order valence-corrected chi connectivity index (χ1v) is 7.12. The fraction of sp³-hybridized carbons (Fsp3) is 0.538. The smallest absolute Gasteiger partial charge is 0.256 e. The van der Waals surface area contributed by atoms with Crippen LogP contribution in [0.5, 0.6) is 0 Å². The van der Waals surface area contributed by atoms with Gasteiger partial charge in [0.25, 0.3) is 5.91 Å². The number of hydrogen-bond donors (Lipinski definition) is 1. The summed E-state index contributed by atoms with van der Waals surface area (Å²) in [5.74, 6) is -0.0860. The molecule has 0 aromatic carbocycles. The number of rotatable bonds is 5. The van der Waals surface area contributed by atoms with Gasteiger partial charge in [0.05, 0.1) is 11.2 Å². The van der Waals surface area contributed by atoms with Crippen molar-refractivity contribution in [3.63, 3.8) is 0 Å². The number of carbonyl (C=O) groups is 1. The Morgan fingerprint density at radius 3 is 2.72 bits per heavy atom. The van der Waals surface area contributed by atoms with Gasteiger partial charge in [-0.05, 0) is 39.2 Å². The van der Waals surface area contributed by atoms with Crippen LogP contribution in [0.1, 0.15) is 31.1 Å². The molecule has 100 valence electrons. The molecule has 0 atom stereocenters. The molecule has 1 rings (SSSR count). The number of thioether (sulfide) groups is 1. The minimum Gasteiger partial charge on any atom is -0.389 e. The van der Waals surface area contributed by atoms with E-state index >= 15 is 0 Å². The largest absolute Gasteiger partial charge is 0.389 e. The van der Waals surface area contributed by atoms with Gasteiger partial charge in [-0.3, -0.25) is 4.79 Å². The molecule has 1 amide bonds. The number of nitrogens with zero attached hydrogens (tertiary/aromatic N) is 2. The maximum Gasteiger partial charge on any atom is 0.256 e. The predicted molar refractivity (Wildman–Crippen MR) is 73.9 cm³/mol. The van der Waals surface area contributed by atoms with Crippen LogP contribution in [0.3, 0.4) is 0 Å². The van der Waals surface area contributed by atoms with Gasteiger partial charge in [-0.1, -0.05) is 0 Å². The third-order valence-electron chi connectivity index (χ3n) is 2.44. The van der Waals surface area contributed by atoms with Gasteiger partial charge in [-0.15, -0.1) is 11.8 Å². The van der Waals surface area contributed by atoms with Crippen LogP contribution >= 0.6 is 11.8 Å². The van der Waals surface area contributed by atoms with Crippen molar-refractivity contribution in [1.29, 1.82) is 0 Å². The zero-order valence-corrected chi connectivity index (χ0v) is 12.1. The Morgan fingerprint density at radius 2 is 2.22 bits per heavy atom. The highest BCUT2D eigenvalue weighted by Gasteiger charge is 2.23. The number of pyridine rings is 1. The van der Waals surface area contributed by atoms with Gasteiger partial charge < -0.3 is 10.0 Å². The summed E-state index contributed by atoms with van der Waals surface area (Å²) in [4.78, 5) is 18.2. The van der Waals surface area contributed by atoms with E-state index in [2.05, 4.69) is 4.98 Å². The lowest BCUT2D eigenvalue weighted by atomic mass is 10.1. The number of amides is 1. The van der Waals surface area contributed by atoms with Gasteiger partial charge in [0, 0.05) is 19.3 Å². The molecular weight excluding hydrogens is 248 g/mol. The zero-order valence-electron chi connectivity index (χ0n) is 11.3. The highest BCUT2D eigenvalue weighted by atomic mass is 32.2. The molecule has 18 heavy (non-hydrogen) atoms. The standard InChI is InChI=1S/C13H20N2O2S/c1-5-15(9-13(2,3)17)12(16)10-7-6-8-14-11(10)18-4/h6-8,17H,5,9H2,1-4H3. The zero-order chi connectivity index (χ0) is 13.8. The van der Waals surface area contributed by atoms with Crippen LogP contribution in [-0.4, -0.2) is 45.8 Å². The summed E-state index contributed by atoms with van der Waals surface area (Å²) >= 11 is 1.45. The number of hydrogen-bond acceptors (Lipinski definition) is 4. The van der Waals surface area contributed by atoms with Gasteiger partial charge in [0.2, 0.25) is 0 Å².